The molecule has 0 fully saturated rings. The van der Waals surface area contributed by atoms with Gasteiger partial charge >= 0.3 is 5.97 Å². The van der Waals surface area contributed by atoms with Gasteiger partial charge in [0.1, 0.15) is 22.3 Å². The molecule has 1 aromatic carbocycles. The first-order valence-electron chi connectivity index (χ1n) is 7.94. The monoisotopic (exact) mass is 360 g/mol. The standard InChI is InChI=1S/C18H17FN2O3S/c1-4-13-16(18(22)23-5-2)20-17(25-13)14-10(3)24-21-15(14)11-6-8-12(19)9-7-11/h6-9H,4-5H2,1-3H3. The van der Waals surface area contributed by atoms with Gasteiger partial charge in [0.25, 0.3) is 0 Å². The highest BCUT2D eigenvalue weighted by atomic mass is 32.1. The van der Waals surface area contributed by atoms with E-state index in [1.165, 1.54) is 23.5 Å². The van der Waals surface area contributed by atoms with Crippen molar-refractivity contribution in [1.29, 1.82) is 0 Å². The Morgan fingerprint density at radius 1 is 1.28 bits per heavy atom. The second kappa shape index (κ2) is 7.14. The summed E-state index contributed by atoms with van der Waals surface area (Å²) in [7, 11) is 0. The number of carbonyl (C=O) groups is 1. The van der Waals surface area contributed by atoms with E-state index in [0.29, 0.717) is 40.7 Å². The summed E-state index contributed by atoms with van der Waals surface area (Å²) >= 11 is 1.41. The van der Waals surface area contributed by atoms with Crippen LogP contribution in [0.15, 0.2) is 28.8 Å². The lowest BCUT2D eigenvalue weighted by atomic mass is 10.1. The minimum absolute atomic E-state index is 0.294. The largest absolute Gasteiger partial charge is 0.461 e. The molecule has 0 spiro atoms. The van der Waals surface area contributed by atoms with E-state index in [4.69, 9.17) is 9.26 Å². The molecule has 0 bridgehead atoms. The van der Waals surface area contributed by atoms with Crippen molar-refractivity contribution in [3.05, 3.63) is 46.4 Å². The average Bonchev–Trinajstić information content (AvgIpc) is 3.19. The molecule has 0 atom stereocenters. The van der Waals surface area contributed by atoms with Crippen molar-refractivity contribution in [3.63, 3.8) is 0 Å². The third kappa shape index (κ3) is 3.32. The van der Waals surface area contributed by atoms with Crippen molar-refractivity contribution in [2.24, 2.45) is 0 Å². The molecule has 5 nitrogen and oxygen atoms in total. The smallest absolute Gasteiger partial charge is 0.358 e. The summed E-state index contributed by atoms with van der Waals surface area (Å²) in [4.78, 5) is 17.4. The number of aryl methyl sites for hydroxylation is 2. The van der Waals surface area contributed by atoms with Crippen LogP contribution in [-0.2, 0) is 11.2 Å². The van der Waals surface area contributed by atoms with E-state index >= 15 is 0 Å². The van der Waals surface area contributed by atoms with E-state index in [9.17, 15) is 9.18 Å². The van der Waals surface area contributed by atoms with Gasteiger partial charge in [-0.15, -0.1) is 11.3 Å². The molecule has 130 valence electrons. The number of benzene rings is 1. The van der Waals surface area contributed by atoms with E-state index in [0.717, 1.165) is 10.4 Å². The fraction of sp³-hybridized carbons (Fsp3) is 0.278. The minimum Gasteiger partial charge on any atom is -0.461 e. The Balaban J connectivity index is 2.10. The quantitative estimate of drug-likeness (QED) is 0.620. The maximum Gasteiger partial charge on any atom is 0.358 e. The fourth-order valence-corrected chi connectivity index (χ4v) is 3.57. The molecule has 2 heterocycles. The lowest BCUT2D eigenvalue weighted by molar-refractivity contribution is 0.0519. The summed E-state index contributed by atoms with van der Waals surface area (Å²) in [6.07, 6.45) is 0.669. The van der Waals surface area contributed by atoms with Gasteiger partial charge in [-0.1, -0.05) is 12.1 Å². The third-order valence-electron chi connectivity index (χ3n) is 3.68. The summed E-state index contributed by atoms with van der Waals surface area (Å²) < 4.78 is 23.6. The van der Waals surface area contributed by atoms with E-state index in [1.54, 1.807) is 26.0 Å². The van der Waals surface area contributed by atoms with Gasteiger partial charge in [0, 0.05) is 10.4 Å². The van der Waals surface area contributed by atoms with Crippen molar-refractivity contribution in [2.75, 3.05) is 6.61 Å². The second-order valence-corrected chi connectivity index (χ2v) is 6.42. The first-order valence-corrected chi connectivity index (χ1v) is 8.76. The predicted molar refractivity (Wildman–Crippen MR) is 93.1 cm³/mol. The van der Waals surface area contributed by atoms with Crippen LogP contribution in [0.1, 0.15) is 35.0 Å². The van der Waals surface area contributed by atoms with E-state index < -0.39 is 5.97 Å². The summed E-state index contributed by atoms with van der Waals surface area (Å²) in [6, 6.07) is 6.01. The number of thiazole rings is 1. The third-order valence-corrected chi connectivity index (χ3v) is 4.90. The molecule has 0 aliphatic carbocycles. The highest BCUT2D eigenvalue weighted by Gasteiger charge is 2.24. The number of halogens is 1. The van der Waals surface area contributed by atoms with Crippen LogP contribution in [0, 0.1) is 12.7 Å². The van der Waals surface area contributed by atoms with Crippen LogP contribution in [0.4, 0.5) is 4.39 Å². The molecule has 0 saturated heterocycles. The molecule has 0 aliphatic rings. The Labute approximate surface area is 148 Å². The van der Waals surface area contributed by atoms with E-state index in [1.807, 2.05) is 6.92 Å². The summed E-state index contributed by atoms with van der Waals surface area (Å²) in [6.45, 7) is 5.79. The number of esters is 1. The zero-order chi connectivity index (χ0) is 18.0. The number of ether oxygens (including phenoxy) is 1. The normalized spacial score (nSPS) is 10.9. The molecule has 3 rings (SSSR count). The number of rotatable bonds is 5. The first-order chi connectivity index (χ1) is 12.0. The van der Waals surface area contributed by atoms with Gasteiger partial charge in [-0.3, -0.25) is 0 Å². The maximum atomic E-state index is 13.2. The van der Waals surface area contributed by atoms with Gasteiger partial charge in [-0.2, -0.15) is 0 Å². The van der Waals surface area contributed by atoms with Crippen molar-refractivity contribution in [1.82, 2.24) is 10.1 Å². The van der Waals surface area contributed by atoms with Gasteiger partial charge in [0.2, 0.25) is 0 Å². The van der Waals surface area contributed by atoms with Crippen molar-refractivity contribution >= 4 is 17.3 Å². The molecule has 25 heavy (non-hydrogen) atoms. The van der Waals surface area contributed by atoms with Crippen LogP contribution in [-0.4, -0.2) is 22.7 Å². The summed E-state index contributed by atoms with van der Waals surface area (Å²) in [5, 5.41) is 4.73. The number of hydrogen-bond donors (Lipinski definition) is 0. The van der Waals surface area contributed by atoms with E-state index in [2.05, 4.69) is 10.1 Å². The fourth-order valence-electron chi connectivity index (χ4n) is 2.49. The van der Waals surface area contributed by atoms with Crippen LogP contribution < -0.4 is 0 Å². The second-order valence-electron chi connectivity index (χ2n) is 5.33. The molecule has 0 N–H and O–H groups in total. The molecular weight excluding hydrogens is 343 g/mol. The Hall–Kier alpha value is -2.54. The molecule has 7 heteroatoms. The van der Waals surface area contributed by atoms with Crippen LogP contribution in [0.25, 0.3) is 21.8 Å². The highest BCUT2D eigenvalue weighted by molar-refractivity contribution is 7.15. The molecular formula is C18H17FN2O3S. The zero-order valence-corrected chi connectivity index (χ0v) is 14.9. The lowest BCUT2D eigenvalue weighted by Crippen LogP contribution is -2.07. The molecule has 0 unspecified atom stereocenters. The number of aromatic nitrogens is 2. The molecule has 0 saturated carbocycles. The Kier molecular flexibility index (Phi) is 4.94. The molecule has 0 aliphatic heterocycles. The van der Waals surface area contributed by atoms with Crippen molar-refractivity contribution in [2.45, 2.75) is 27.2 Å². The lowest BCUT2D eigenvalue weighted by Gasteiger charge is -2.00. The van der Waals surface area contributed by atoms with Crippen LogP contribution in [0.3, 0.4) is 0 Å². The summed E-state index contributed by atoms with van der Waals surface area (Å²) in [5.74, 6) is -0.164. The average molecular weight is 360 g/mol. The van der Waals surface area contributed by atoms with Crippen LogP contribution in [0.2, 0.25) is 0 Å². The molecule has 0 radical (unpaired) electrons. The maximum absolute atomic E-state index is 13.2. The topological polar surface area (TPSA) is 65.2 Å². The molecule has 3 aromatic rings. The molecule has 2 aromatic heterocycles. The highest BCUT2D eigenvalue weighted by Crippen LogP contribution is 2.38. The number of nitrogens with zero attached hydrogens (tertiary/aromatic N) is 2. The van der Waals surface area contributed by atoms with Crippen LogP contribution in [0.5, 0.6) is 0 Å². The van der Waals surface area contributed by atoms with Gasteiger partial charge in [-0.25, -0.2) is 14.2 Å². The zero-order valence-electron chi connectivity index (χ0n) is 14.1. The van der Waals surface area contributed by atoms with Crippen LogP contribution >= 0.6 is 11.3 Å². The Bertz CT molecular complexity index is 900. The summed E-state index contributed by atoms with van der Waals surface area (Å²) in [5.41, 5.74) is 2.33. The Morgan fingerprint density at radius 2 is 2.00 bits per heavy atom. The van der Waals surface area contributed by atoms with Gasteiger partial charge in [0.15, 0.2) is 5.69 Å². The van der Waals surface area contributed by atoms with Crippen molar-refractivity contribution < 1.29 is 18.4 Å². The van der Waals surface area contributed by atoms with E-state index in [-0.39, 0.29) is 5.82 Å². The number of hydrogen-bond acceptors (Lipinski definition) is 6. The van der Waals surface area contributed by atoms with Gasteiger partial charge in [0.05, 0.1) is 12.2 Å². The first kappa shape index (κ1) is 17.3. The molecule has 0 amide bonds. The Morgan fingerprint density at radius 3 is 2.64 bits per heavy atom. The predicted octanol–water partition coefficient (Wildman–Crippen LogP) is 4.65. The minimum atomic E-state index is -0.431. The van der Waals surface area contributed by atoms with Gasteiger partial charge < -0.3 is 9.26 Å². The van der Waals surface area contributed by atoms with Gasteiger partial charge in [-0.05, 0) is 44.5 Å². The SMILES string of the molecule is CCOC(=O)c1nc(-c2c(-c3ccc(F)cc3)noc2C)sc1CC. The number of carbonyl (C=O) groups excluding carboxylic acids is 1. The van der Waals surface area contributed by atoms with Crippen molar-refractivity contribution in [3.8, 4) is 21.8 Å².